The number of nitrogens with one attached hydrogen (secondary N) is 2. The first-order valence-corrected chi connectivity index (χ1v) is 11.5. The smallest absolute Gasteiger partial charge is 0.253 e. The van der Waals surface area contributed by atoms with Crippen LogP contribution in [0.4, 0.5) is 5.69 Å². The van der Waals surface area contributed by atoms with Crippen LogP contribution >= 0.6 is 0 Å². The number of fused-ring (bicyclic) bond motifs is 3. The summed E-state index contributed by atoms with van der Waals surface area (Å²) in [4.78, 5) is 12.9. The molecule has 3 unspecified atom stereocenters. The van der Waals surface area contributed by atoms with Gasteiger partial charge in [-0.25, -0.2) is 0 Å². The number of hydrogen-bond acceptors (Lipinski definition) is 3. The van der Waals surface area contributed by atoms with Gasteiger partial charge in [-0.2, -0.15) is 0 Å². The second-order valence-corrected chi connectivity index (χ2v) is 8.56. The Morgan fingerprint density at radius 1 is 1.03 bits per heavy atom. The van der Waals surface area contributed by atoms with Crippen molar-refractivity contribution in [3.63, 3.8) is 0 Å². The number of rotatable bonds is 7. The summed E-state index contributed by atoms with van der Waals surface area (Å²) < 4.78 is 6.29. The molecule has 0 saturated carbocycles. The van der Waals surface area contributed by atoms with Gasteiger partial charge in [0.05, 0.1) is 17.3 Å². The minimum atomic E-state index is -0.0907. The van der Waals surface area contributed by atoms with Crippen molar-refractivity contribution in [2.75, 3.05) is 11.9 Å². The highest BCUT2D eigenvalue weighted by molar-refractivity contribution is 6.00. The molecular weight excluding hydrogens is 408 g/mol. The summed E-state index contributed by atoms with van der Waals surface area (Å²) in [7, 11) is 0. The topological polar surface area (TPSA) is 50.4 Å². The highest BCUT2D eigenvalue weighted by Crippen LogP contribution is 2.51. The predicted octanol–water partition coefficient (Wildman–Crippen LogP) is 6.01. The van der Waals surface area contributed by atoms with Crippen LogP contribution in [0.15, 0.2) is 97.6 Å². The molecule has 0 aromatic heterocycles. The molecule has 3 atom stereocenters. The molecule has 1 aliphatic carbocycles. The van der Waals surface area contributed by atoms with E-state index in [-0.39, 0.29) is 17.9 Å². The van der Waals surface area contributed by atoms with Gasteiger partial charge in [0.25, 0.3) is 5.91 Å². The summed E-state index contributed by atoms with van der Waals surface area (Å²) in [6, 6.07) is 24.5. The SMILES string of the molecule is C=CCNC(=O)c1cccc2c1NC(c1ccccc1OCc1ccccc1)C1CC=CC21. The number of amides is 1. The quantitative estimate of drug-likeness (QED) is 0.446. The largest absolute Gasteiger partial charge is 0.489 e. The normalized spacial score (nSPS) is 20.3. The summed E-state index contributed by atoms with van der Waals surface area (Å²) in [5.41, 5.74) is 5.02. The van der Waals surface area contributed by atoms with Crippen LogP contribution in [-0.2, 0) is 6.61 Å². The van der Waals surface area contributed by atoms with Crippen LogP contribution in [0.5, 0.6) is 5.75 Å². The third kappa shape index (κ3) is 4.17. The number of anilines is 1. The number of allylic oxidation sites excluding steroid dienone is 2. The van der Waals surface area contributed by atoms with Gasteiger partial charge in [0.15, 0.2) is 0 Å². The summed E-state index contributed by atoms with van der Waals surface area (Å²) in [5.74, 6) is 1.42. The third-order valence-corrected chi connectivity index (χ3v) is 6.54. The minimum absolute atomic E-state index is 0.0397. The van der Waals surface area contributed by atoms with E-state index in [1.54, 1.807) is 6.08 Å². The zero-order chi connectivity index (χ0) is 22.6. The van der Waals surface area contributed by atoms with Gasteiger partial charge in [0.2, 0.25) is 0 Å². The Labute approximate surface area is 195 Å². The Morgan fingerprint density at radius 3 is 2.67 bits per heavy atom. The number of benzene rings is 3. The standard InChI is InChI=1S/C29H28N2O2/c1-2-18-30-29(32)25-16-9-15-23-21-13-8-14-22(21)27(31-28(23)25)24-12-6-7-17-26(24)33-19-20-10-4-3-5-11-20/h2-13,15-17,21-22,27,31H,1,14,18-19H2,(H,30,32). The van der Waals surface area contributed by atoms with Crippen LogP contribution < -0.4 is 15.4 Å². The van der Waals surface area contributed by atoms with E-state index in [1.807, 2.05) is 42.5 Å². The van der Waals surface area contributed by atoms with E-state index in [9.17, 15) is 4.79 Å². The van der Waals surface area contributed by atoms with Crippen molar-refractivity contribution in [1.29, 1.82) is 0 Å². The molecule has 3 aromatic rings. The van der Waals surface area contributed by atoms with Gasteiger partial charge in [-0.3, -0.25) is 4.79 Å². The molecule has 0 bridgehead atoms. The average molecular weight is 437 g/mol. The Hall–Kier alpha value is -3.79. The molecule has 166 valence electrons. The van der Waals surface area contributed by atoms with Crippen molar-refractivity contribution >= 4 is 11.6 Å². The van der Waals surface area contributed by atoms with E-state index < -0.39 is 0 Å². The Kier molecular flexibility index (Phi) is 5.99. The first-order valence-electron chi connectivity index (χ1n) is 11.5. The molecule has 1 amide bonds. The van der Waals surface area contributed by atoms with E-state index in [4.69, 9.17) is 4.74 Å². The van der Waals surface area contributed by atoms with E-state index >= 15 is 0 Å². The first-order chi connectivity index (χ1) is 16.3. The van der Waals surface area contributed by atoms with E-state index in [0.29, 0.717) is 24.6 Å². The summed E-state index contributed by atoms with van der Waals surface area (Å²) in [5, 5.41) is 6.67. The average Bonchev–Trinajstić information content (AvgIpc) is 3.36. The van der Waals surface area contributed by atoms with Crippen molar-refractivity contribution < 1.29 is 9.53 Å². The molecule has 2 aliphatic rings. The lowest BCUT2D eigenvalue weighted by Gasteiger charge is -2.38. The molecule has 0 saturated heterocycles. The van der Waals surface area contributed by atoms with E-state index in [1.165, 1.54) is 5.56 Å². The number of ether oxygens (including phenoxy) is 1. The molecule has 0 radical (unpaired) electrons. The predicted molar refractivity (Wildman–Crippen MR) is 133 cm³/mol. The molecule has 0 fully saturated rings. The highest BCUT2D eigenvalue weighted by Gasteiger charge is 2.40. The number of carbonyl (C=O) groups excluding carboxylic acids is 1. The summed E-state index contributed by atoms with van der Waals surface area (Å²) >= 11 is 0. The Balaban J connectivity index is 1.49. The van der Waals surface area contributed by atoms with Gasteiger partial charge in [-0.1, -0.05) is 78.9 Å². The maximum Gasteiger partial charge on any atom is 0.253 e. The molecule has 0 spiro atoms. The summed E-state index contributed by atoms with van der Waals surface area (Å²) in [6.07, 6.45) is 7.23. The van der Waals surface area contributed by atoms with Crippen molar-refractivity contribution in [3.05, 3.63) is 120 Å². The number of carbonyl (C=O) groups is 1. The highest BCUT2D eigenvalue weighted by atomic mass is 16.5. The van der Waals surface area contributed by atoms with Crippen molar-refractivity contribution in [2.45, 2.75) is 25.0 Å². The van der Waals surface area contributed by atoms with Crippen LogP contribution in [0.1, 0.15) is 45.4 Å². The second-order valence-electron chi connectivity index (χ2n) is 8.56. The van der Waals surface area contributed by atoms with Crippen LogP contribution in [0.3, 0.4) is 0 Å². The van der Waals surface area contributed by atoms with Gasteiger partial charge in [-0.05, 0) is 35.6 Å². The molecule has 5 rings (SSSR count). The zero-order valence-electron chi connectivity index (χ0n) is 18.5. The van der Waals surface area contributed by atoms with Crippen LogP contribution in [0.25, 0.3) is 0 Å². The molecule has 4 heteroatoms. The second kappa shape index (κ2) is 9.37. The fourth-order valence-corrected chi connectivity index (χ4v) is 4.98. The maximum absolute atomic E-state index is 12.9. The van der Waals surface area contributed by atoms with E-state index in [0.717, 1.165) is 29.0 Å². The maximum atomic E-state index is 12.9. The van der Waals surface area contributed by atoms with Crippen molar-refractivity contribution in [3.8, 4) is 5.75 Å². The lowest BCUT2D eigenvalue weighted by atomic mass is 9.76. The monoisotopic (exact) mass is 436 g/mol. The first kappa shape index (κ1) is 21.1. The lowest BCUT2D eigenvalue weighted by Crippen LogP contribution is -2.32. The fraction of sp³-hybridized carbons (Fsp3) is 0.207. The number of hydrogen-bond donors (Lipinski definition) is 2. The van der Waals surface area contributed by atoms with Gasteiger partial charge in [0, 0.05) is 18.0 Å². The molecule has 1 aliphatic heterocycles. The summed E-state index contributed by atoms with van der Waals surface area (Å²) in [6.45, 7) is 4.66. The lowest BCUT2D eigenvalue weighted by molar-refractivity contribution is 0.0958. The fourth-order valence-electron chi connectivity index (χ4n) is 4.98. The number of para-hydroxylation sites is 2. The van der Waals surface area contributed by atoms with Gasteiger partial charge < -0.3 is 15.4 Å². The zero-order valence-corrected chi connectivity index (χ0v) is 18.5. The van der Waals surface area contributed by atoms with Crippen molar-refractivity contribution in [2.24, 2.45) is 5.92 Å². The molecular formula is C29H28N2O2. The van der Waals surface area contributed by atoms with E-state index in [2.05, 4.69) is 59.7 Å². The third-order valence-electron chi connectivity index (χ3n) is 6.54. The molecule has 33 heavy (non-hydrogen) atoms. The Bertz CT molecular complexity index is 1190. The minimum Gasteiger partial charge on any atom is -0.489 e. The molecule has 1 heterocycles. The van der Waals surface area contributed by atoms with Crippen molar-refractivity contribution in [1.82, 2.24) is 5.32 Å². The van der Waals surface area contributed by atoms with Crippen LogP contribution in [0, 0.1) is 5.92 Å². The van der Waals surface area contributed by atoms with Crippen LogP contribution in [0.2, 0.25) is 0 Å². The van der Waals surface area contributed by atoms with Gasteiger partial charge >= 0.3 is 0 Å². The van der Waals surface area contributed by atoms with Gasteiger partial charge in [-0.15, -0.1) is 6.58 Å². The molecule has 4 nitrogen and oxygen atoms in total. The van der Waals surface area contributed by atoms with Crippen LogP contribution in [-0.4, -0.2) is 12.5 Å². The molecule has 3 aromatic carbocycles. The van der Waals surface area contributed by atoms with Gasteiger partial charge in [0.1, 0.15) is 12.4 Å². The Morgan fingerprint density at radius 2 is 1.82 bits per heavy atom. The molecule has 2 N–H and O–H groups in total.